The highest BCUT2D eigenvalue weighted by atomic mass is 32.1. The highest BCUT2D eigenvalue weighted by Crippen LogP contribution is 2.41. The molecule has 0 saturated carbocycles. The number of thiazole rings is 1. The minimum atomic E-state index is -0.156. The summed E-state index contributed by atoms with van der Waals surface area (Å²) in [7, 11) is 1.63. The van der Waals surface area contributed by atoms with E-state index in [1.165, 1.54) is 16.9 Å². The molecule has 0 radical (unpaired) electrons. The number of nitrogens with one attached hydrogen (secondary N) is 1. The molecule has 8 heteroatoms. The SMILES string of the molecule is COc1cc([C@@H]2CC(=O)Nc3c2cnn3-c2nc3ccccc3s2)ccc1OCc1ccc(C)cc1. The van der Waals surface area contributed by atoms with E-state index in [1.54, 1.807) is 11.8 Å². The minimum absolute atomic E-state index is 0.0611. The number of para-hydroxylation sites is 1. The molecule has 1 atom stereocenters. The van der Waals surface area contributed by atoms with E-state index in [4.69, 9.17) is 14.5 Å². The third-order valence-corrected chi connectivity index (χ3v) is 7.40. The van der Waals surface area contributed by atoms with Crippen LogP contribution in [0.2, 0.25) is 0 Å². The maximum absolute atomic E-state index is 12.7. The van der Waals surface area contributed by atoms with Crippen molar-refractivity contribution < 1.29 is 14.3 Å². The normalized spacial score (nSPS) is 14.9. The van der Waals surface area contributed by atoms with Gasteiger partial charge in [0.1, 0.15) is 12.4 Å². The van der Waals surface area contributed by atoms with Gasteiger partial charge < -0.3 is 14.8 Å². The third-order valence-electron chi connectivity index (χ3n) is 6.39. The Morgan fingerprint density at radius 1 is 1.08 bits per heavy atom. The first kappa shape index (κ1) is 22.3. The molecule has 2 aromatic heterocycles. The molecule has 36 heavy (non-hydrogen) atoms. The van der Waals surface area contributed by atoms with Gasteiger partial charge in [-0.05, 0) is 42.3 Å². The van der Waals surface area contributed by atoms with E-state index in [0.717, 1.165) is 32.0 Å². The Balaban J connectivity index is 1.30. The van der Waals surface area contributed by atoms with Crippen LogP contribution >= 0.6 is 11.3 Å². The van der Waals surface area contributed by atoms with Crippen molar-refractivity contribution >= 4 is 33.3 Å². The Bertz CT molecular complexity index is 1540. The zero-order chi connectivity index (χ0) is 24.6. The maximum Gasteiger partial charge on any atom is 0.226 e. The number of aromatic nitrogens is 3. The summed E-state index contributed by atoms with van der Waals surface area (Å²) in [5, 5.41) is 8.32. The van der Waals surface area contributed by atoms with Crippen molar-refractivity contribution in [2.45, 2.75) is 25.9 Å². The van der Waals surface area contributed by atoms with Gasteiger partial charge in [0.05, 0.1) is 23.5 Å². The molecule has 0 spiro atoms. The molecule has 5 aromatic rings. The minimum Gasteiger partial charge on any atom is -0.493 e. The van der Waals surface area contributed by atoms with Crippen LogP contribution in [0.3, 0.4) is 0 Å². The zero-order valence-corrected chi connectivity index (χ0v) is 20.7. The van der Waals surface area contributed by atoms with Gasteiger partial charge in [-0.15, -0.1) is 0 Å². The van der Waals surface area contributed by atoms with Crippen LogP contribution in [0.15, 0.2) is 72.9 Å². The molecule has 180 valence electrons. The summed E-state index contributed by atoms with van der Waals surface area (Å²) in [5.74, 6) is 1.73. The van der Waals surface area contributed by atoms with Gasteiger partial charge in [0.15, 0.2) is 11.5 Å². The summed E-state index contributed by atoms with van der Waals surface area (Å²) >= 11 is 1.54. The first-order chi connectivity index (χ1) is 17.6. The first-order valence-corrected chi connectivity index (χ1v) is 12.5. The van der Waals surface area contributed by atoms with Crippen LogP contribution < -0.4 is 14.8 Å². The monoisotopic (exact) mass is 496 g/mol. The van der Waals surface area contributed by atoms with E-state index in [9.17, 15) is 4.79 Å². The van der Waals surface area contributed by atoms with E-state index >= 15 is 0 Å². The van der Waals surface area contributed by atoms with Crippen molar-refractivity contribution in [1.82, 2.24) is 14.8 Å². The molecular formula is C28H24N4O3S. The number of fused-ring (bicyclic) bond motifs is 2. The second-order valence-corrected chi connectivity index (χ2v) is 9.82. The van der Waals surface area contributed by atoms with Crippen LogP contribution in [0.1, 0.15) is 34.6 Å². The Morgan fingerprint density at radius 2 is 1.92 bits per heavy atom. The average Bonchev–Trinajstić information content (AvgIpc) is 3.52. The number of rotatable bonds is 6. The third kappa shape index (κ3) is 4.09. The Labute approximate surface area is 212 Å². The molecule has 1 N–H and O–H groups in total. The van der Waals surface area contributed by atoms with E-state index in [2.05, 4.69) is 41.6 Å². The number of aryl methyl sites for hydroxylation is 1. The van der Waals surface area contributed by atoms with Gasteiger partial charge in [0, 0.05) is 17.9 Å². The van der Waals surface area contributed by atoms with Crippen molar-refractivity contribution in [2.24, 2.45) is 0 Å². The molecule has 0 saturated heterocycles. The smallest absolute Gasteiger partial charge is 0.226 e. The van der Waals surface area contributed by atoms with Gasteiger partial charge in [-0.3, -0.25) is 4.79 Å². The number of hydrogen-bond acceptors (Lipinski definition) is 6. The summed E-state index contributed by atoms with van der Waals surface area (Å²) in [5.41, 5.74) is 5.12. The molecule has 0 bridgehead atoms. The number of hydrogen-bond donors (Lipinski definition) is 1. The van der Waals surface area contributed by atoms with Gasteiger partial charge in [0.25, 0.3) is 0 Å². The van der Waals surface area contributed by atoms with Crippen LogP contribution in [0.25, 0.3) is 15.3 Å². The number of ether oxygens (including phenoxy) is 2. The van der Waals surface area contributed by atoms with Gasteiger partial charge in [-0.2, -0.15) is 9.78 Å². The number of carbonyl (C=O) groups excluding carboxylic acids is 1. The molecule has 0 unspecified atom stereocenters. The van der Waals surface area contributed by atoms with Crippen molar-refractivity contribution in [3.8, 4) is 16.6 Å². The van der Waals surface area contributed by atoms with Gasteiger partial charge >= 0.3 is 0 Å². The summed E-state index contributed by atoms with van der Waals surface area (Å²) < 4.78 is 14.5. The van der Waals surface area contributed by atoms with Gasteiger partial charge in [0.2, 0.25) is 11.0 Å². The quantitative estimate of drug-likeness (QED) is 0.319. The van der Waals surface area contributed by atoms with Crippen LogP contribution in [0.5, 0.6) is 11.5 Å². The molecule has 6 rings (SSSR count). The average molecular weight is 497 g/mol. The number of methoxy groups -OCH3 is 1. The van der Waals surface area contributed by atoms with Crippen molar-refractivity contribution in [3.05, 3.63) is 95.2 Å². The van der Waals surface area contributed by atoms with E-state index in [1.807, 2.05) is 48.7 Å². The summed E-state index contributed by atoms with van der Waals surface area (Å²) in [4.78, 5) is 17.4. The van der Waals surface area contributed by atoms with Crippen LogP contribution in [0, 0.1) is 6.92 Å². The summed E-state index contributed by atoms with van der Waals surface area (Å²) in [6, 6.07) is 22.1. The zero-order valence-electron chi connectivity index (χ0n) is 19.9. The molecule has 7 nitrogen and oxygen atoms in total. The maximum atomic E-state index is 12.7. The number of benzene rings is 3. The molecule has 1 aliphatic heterocycles. The van der Waals surface area contributed by atoms with Gasteiger partial charge in [-0.1, -0.05) is 59.4 Å². The fourth-order valence-corrected chi connectivity index (χ4v) is 5.41. The molecule has 1 amide bonds. The Kier molecular flexibility index (Phi) is 5.65. The van der Waals surface area contributed by atoms with Crippen molar-refractivity contribution in [1.29, 1.82) is 0 Å². The van der Waals surface area contributed by atoms with E-state index < -0.39 is 0 Å². The van der Waals surface area contributed by atoms with Crippen molar-refractivity contribution in [2.75, 3.05) is 12.4 Å². The molecular weight excluding hydrogens is 472 g/mol. The lowest BCUT2D eigenvalue weighted by molar-refractivity contribution is -0.116. The van der Waals surface area contributed by atoms with E-state index in [0.29, 0.717) is 30.3 Å². The number of nitrogens with zero attached hydrogens (tertiary/aromatic N) is 3. The van der Waals surface area contributed by atoms with Crippen LogP contribution in [-0.4, -0.2) is 27.8 Å². The lowest BCUT2D eigenvalue weighted by atomic mass is 9.87. The number of amides is 1. The van der Waals surface area contributed by atoms with Gasteiger partial charge in [-0.25, -0.2) is 4.98 Å². The lowest BCUT2D eigenvalue weighted by Crippen LogP contribution is -2.24. The Morgan fingerprint density at radius 3 is 2.72 bits per heavy atom. The van der Waals surface area contributed by atoms with Crippen LogP contribution in [-0.2, 0) is 11.4 Å². The molecule has 3 heterocycles. The number of anilines is 1. The fourth-order valence-electron chi connectivity index (χ4n) is 4.48. The lowest BCUT2D eigenvalue weighted by Gasteiger charge is -2.24. The van der Waals surface area contributed by atoms with Crippen molar-refractivity contribution in [3.63, 3.8) is 0 Å². The second kappa shape index (κ2) is 9.13. The highest BCUT2D eigenvalue weighted by Gasteiger charge is 2.31. The molecule has 0 fully saturated rings. The topological polar surface area (TPSA) is 78.3 Å². The van der Waals surface area contributed by atoms with Crippen LogP contribution in [0.4, 0.5) is 5.82 Å². The van der Waals surface area contributed by atoms with E-state index in [-0.39, 0.29) is 11.8 Å². The molecule has 1 aliphatic rings. The predicted molar refractivity (Wildman–Crippen MR) is 140 cm³/mol. The first-order valence-electron chi connectivity index (χ1n) is 11.7. The summed E-state index contributed by atoms with van der Waals surface area (Å²) in [6.45, 7) is 2.51. The Hall–Kier alpha value is -4.17. The second-order valence-electron chi connectivity index (χ2n) is 8.81. The summed E-state index contributed by atoms with van der Waals surface area (Å²) in [6.07, 6.45) is 2.14. The molecule has 3 aromatic carbocycles. The largest absolute Gasteiger partial charge is 0.493 e. The predicted octanol–water partition coefficient (Wildman–Crippen LogP) is 5.85. The fraction of sp³-hybridized carbons (Fsp3) is 0.179. The number of carbonyl (C=O) groups is 1. The molecule has 0 aliphatic carbocycles. The standard InChI is InChI=1S/C28H24N4O3S/c1-17-7-9-18(10-8-17)16-35-23-12-11-19(13-24(23)34-2)20-14-26(33)31-27-21(20)15-29-32(27)28-30-22-5-3-4-6-25(22)36-28/h3-13,15,20H,14,16H2,1-2H3,(H,31,33)/t20-/m0/s1. The highest BCUT2D eigenvalue weighted by molar-refractivity contribution is 7.20.